The van der Waals surface area contributed by atoms with Crippen molar-refractivity contribution >= 4 is 11.8 Å². The highest BCUT2D eigenvalue weighted by atomic mass is 32.2. The van der Waals surface area contributed by atoms with Crippen LogP contribution in [0.4, 0.5) is 0 Å². The Hall–Kier alpha value is 0.350. The summed E-state index contributed by atoms with van der Waals surface area (Å²) in [6, 6.07) is 0. The van der Waals surface area contributed by atoms with Crippen molar-refractivity contribution < 1.29 is 0 Å². The summed E-state index contributed by atoms with van der Waals surface area (Å²) >= 11 is 2.28. The van der Waals surface area contributed by atoms with E-state index in [-0.39, 0.29) is 0 Å². The van der Waals surface area contributed by atoms with E-state index < -0.39 is 0 Å². The fourth-order valence-corrected chi connectivity index (χ4v) is 6.27. The smallest absolute Gasteiger partial charge is 0.00391 e. The predicted molar refractivity (Wildman–Crippen MR) is 158 cm³/mol. The standard InChI is InChI=1S/C32H66S/c1-4-7-10-13-16-18-19-21-23-26-29-32(28-25-22-20-17-14-11-8-5-2)31-33-30-27-24-15-12-9-6-3/h32H,4-31H2,1-3H3. The zero-order valence-corrected chi connectivity index (χ0v) is 24.6. The van der Waals surface area contributed by atoms with Gasteiger partial charge in [-0.1, -0.05) is 168 Å². The van der Waals surface area contributed by atoms with Gasteiger partial charge in [-0.25, -0.2) is 0 Å². The van der Waals surface area contributed by atoms with Gasteiger partial charge in [0, 0.05) is 0 Å². The number of hydrogen-bond donors (Lipinski definition) is 0. The van der Waals surface area contributed by atoms with Crippen molar-refractivity contribution in [3.05, 3.63) is 0 Å². The molecule has 0 radical (unpaired) electrons. The Morgan fingerprint density at radius 2 is 0.667 bits per heavy atom. The maximum atomic E-state index is 2.32. The molecule has 200 valence electrons. The van der Waals surface area contributed by atoms with E-state index >= 15 is 0 Å². The average molecular weight is 483 g/mol. The summed E-state index contributed by atoms with van der Waals surface area (Å²) in [7, 11) is 0. The first-order chi connectivity index (χ1) is 16.3. The number of hydrogen-bond acceptors (Lipinski definition) is 1. The van der Waals surface area contributed by atoms with E-state index in [0.29, 0.717) is 0 Å². The molecule has 0 saturated heterocycles. The van der Waals surface area contributed by atoms with Crippen LogP contribution in [0.3, 0.4) is 0 Å². The van der Waals surface area contributed by atoms with Gasteiger partial charge in [0.1, 0.15) is 0 Å². The second-order valence-corrected chi connectivity index (χ2v) is 12.1. The Morgan fingerprint density at radius 3 is 1.03 bits per heavy atom. The number of unbranched alkanes of at least 4 members (excludes halogenated alkanes) is 21. The Kier molecular flexibility index (Phi) is 30.7. The minimum absolute atomic E-state index is 1.00. The summed E-state index contributed by atoms with van der Waals surface area (Å²) in [5.74, 6) is 3.87. The Labute approximate surface area is 216 Å². The highest BCUT2D eigenvalue weighted by Gasteiger charge is 2.09. The van der Waals surface area contributed by atoms with Gasteiger partial charge in [-0.05, 0) is 36.7 Å². The van der Waals surface area contributed by atoms with Crippen LogP contribution in [0.5, 0.6) is 0 Å². The van der Waals surface area contributed by atoms with E-state index in [4.69, 9.17) is 0 Å². The average Bonchev–Trinajstić information content (AvgIpc) is 2.83. The molecule has 0 aliphatic heterocycles. The predicted octanol–water partition coefficient (Wildman–Crippen LogP) is 12.5. The summed E-state index contributed by atoms with van der Waals surface area (Å²) in [6.45, 7) is 6.95. The van der Waals surface area contributed by atoms with Gasteiger partial charge in [0.05, 0.1) is 0 Å². The molecule has 33 heavy (non-hydrogen) atoms. The molecule has 0 aliphatic carbocycles. The molecule has 1 unspecified atom stereocenters. The molecule has 0 N–H and O–H groups in total. The Balaban J connectivity index is 3.83. The minimum Gasteiger partial charge on any atom is -0.162 e. The molecule has 0 spiro atoms. The number of thioether (sulfide) groups is 1. The van der Waals surface area contributed by atoms with Crippen LogP contribution >= 0.6 is 11.8 Å². The van der Waals surface area contributed by atoms with Crippen LogP contribution < -0.4 is 0 Å². The van der Waals surface area contributed by atoms with E-state index in [0.717, 1.165) is 5.92 Å². The van der Waals surface area contributed by atoms with Crippen molar-refractivity contribution in [3.63, 3.8) is 0 Å². The fourth-order valence-electron chi connectivity index (χ4n) is 5.03. The highest BCUT2D eigenvalue weighted by Crippen LogP contribution is 2.24. The van der Waals surface area contributed by atoms with Crippen molar-refractivity contribution in [2.75, 3.05) is 11.5 Å². The third kappa shape index (κ3) is 28.5. The lowest BCUT2D eigenvalue weighted by atomic mass is 9.95. The Bertz CT molecular complexity index is 306. The lowest BCUT2D eigenvalue weighted by Gasteiger charge is -2.17. The summed E-state index contributed by atoms with van der Waals surface area (Å²) < 4.78 is 0. The topological polar surface area (TPSA) is 0 Å². The molecule has 0 saturated carbocycles. The molecule has 1 heteroatoms. The van der Waals surface area contributed by atoms with Crippen LogP contribution in [-0.4, -0.2) is 11.5 Å². The van der Waals surface area contributed by atoms with E-state index in [1.807, 2.05) is 0 Å². The van der Waals surface area contributed by atoms with E-state index in [1.54, 1.807) is 0 Å². The summed E-state index contributed by atoms with van der Waals surface area (Å²) in [5.41, 5.74) is 0. The summed E-state index contributed by atoms with van der Waals surface area (Å²) in [5, 5.41) is 0. The lowest BCUT2D eigenvalue weighted by Crippen LogP contribution is -2.05. The van der Waals surface area contributed by atoms with Gasteiger partial charge in [0.2, 0.25) is 0 Å². The van der Waals surface area contributed by atoms with E-state index in [9.17, 15) is 0 Å². The van der Waals surface area contributed by atoms with Crippen molar-refractivity contribution in [2.45, 2.75) is 188 Å². The molecular weight excluding hydrogens is 416 g/mol. The molecular formula is C32H66S. The second-order valence-electron chi connectivity index (χ2n) is 10.9. The molecule has 0 fully saturated rings. The van der Waals surface area contributed by atoms with Crippen LogP contribution in [0, 0.1) is 5.92 Å². The van der Waals surface area contributed by atoms with Crippen molar-refractivity contribution in [1.29, 1.82) is 0 Å². The molecule has 0 aromatic rings. The SMILES string of the molecule is CCCCCCCCCCCCC(CCCCCCCCCC)CSCCCCCCCC. The van der Waals surface area contributed by atoms with Crippen LogP contribution in [0.15, 0.2) is 0 Å². The normalized spacial score (nSPS) is 12.5. The monoisotopic (exact) mass is 482 g/mol. The van der Waals surface area contributed by atoms with E-state index in [2.05, 4.69) is 32.5 Å². The maximum Gasteiger partial charge on any atom is -0.00391 e. The van der Waals surface area contributed by atoms with E-state index in [1.165, 1.54) is 178 Å². The molecule has 0 aliphatic rings. The fraction of sp³-hybridized carbons (Fsp3) is 1.00. The zero-order chi connectivity index (χ0) is 24.1. The van der Waals surface area contributed by atoms with Gasteiger partial charge >= 0.3 is 0 Å². The zero-order valence-electron chi connectivity index (χ0n) is 23.8. The Morgan fingerprint density at radius 1 is 0.364 bits per heavy atom. The molecule has 0 aromatic carbocycles. The molecule has 0 bridgehead atoms. The minimum atomic E-state index is 1.00. The van der Waals surface area contributed by atoms with Gasteiger partial charge < -0.3 is 0 Å². The second kappa shape index (κ2) is 30.4. The van der Waals surface area contributed by atoms with Crippen LogP contribution in [0.2, 0.25) is 0 Å². The van der Waals surface area contributed by atoms with Gasteiger partial charge in [-0.2, -0.15) is 11.8 Å². The van der Waals surface area contributed by atoms with Crippen molar-refractivity contribution in [2.24, 2.45) is 5.92 Å². The van der Waals surface area contributed by atoms with Crippen LogP contribution in [0.1, 0.15) is 188 Å². The van der Waals surface area contributed by atoms with Crippen LogP contribution in [0.25, 0.3) is 0 Å². The van der Waals surface area contributed by atoms with Gasteiger partial charge in [-0.3, -0.25) is 0 Å². The molecule has 0 rings (SSSR count). The largest absolute Gasteiger partial charge is 0.162 e. The molecule has 0 amide bonds. The lowest BCUT2D eigenvalue weighted by molar-refractivity contribution is 0.435. The first-order valence-corrected chi connectivity index (χ1v) is 17.1. The number of rotatable bonds is 29. The quantitative estimate of drug-likeness (QED) is 0.0955. The summed E-state index contributed by atoms with van der Waals surface area (Å²) in [6.07, 6.45) is 38.1. The van der Waals surface area contributed by atoms with Gasteiger partial charge in [0.15, 0.2) is 0 Å². The summed E-state index contributed by atoms with van der Waals surface area (Å²) in [4.78, 5) is 0. The van der Waals surface area contributed by atoms with Crippen molar-refractivity contribution in [3.8, 4) is 0 Å². The third-order valence-electron chi connectivity index (χ3n) is 7.43. The molecule has 0 heterocycles. The molecule has 1 atom stereocenters. The first kappa shape index (κ1) is 33.4. The van der Waals surface area contributed by atoms with Crippen LogP contribution in [-0.2, 0) is 0 Å². The maximum absolute atomic E-state index is 2.32. The first-order valence-electron chi connectivity index (χ1n) is 15.9. The molecule has 0 aromatic heterocycles. The highest BCUT2D eigenvalue weighted by molar-refractivity contribution is 7.99. The van der Waals surface area contributed by atoms with Gasteiger partial charge in [-0.15, -0.1) is 0 Å². The van der Waals surface area contributed by atoms with Crippen molar-refractivity contribution in [1.82, 2.24) is 0 Å². The molecule has 0 nitrogen and oxygen atoms in total. The van der Waals surface area contributed by atoms with Gasteiger partial charge in [0.25, 0.3) is 0 Å². The third-order valence-corrected chi connectivity index (χ3v) is 8.71.